The average molecular weight is 943 g/mol. The third-order valence-electron chi connectivity index (χ3n) is 20.0. The van der Waals surface area contributed by atoms with Gasteiger partial charge in [-0.25, -0.2) is 0 Å². The first-order valence-electron chi connectivity index (χ1n) is 24.5. The van der Waals surface area contributed by atoms with Crippen LogP contribution in [-0.2, 0) is 33.2 Å². The van der Waals surface area contributed by atoms with Crippen LogP contribution in [0.25, 0.3) is 0 Å². The summed E-state index contributed by atoms with van der Waals surface area (Å²) in [6, 6.07) is 0. The smallest absolute Gasteiger partial charge is 0.187 e. The molecule has 1 spiro atoms. The van der Waals surface area contributed by atoms with Crippen LogP contribution in [0.4, 0.5) is 0 Å². The molecule has 0 amide bonds. The lowest BCUT2D eigenvalue weighted by atomic mass is 9.32. The fourth-order valence-corrected chi connectivity index (χ4v) is 15.8. The van der Waals surface area contributed by atoms with Gasteiger partial charge < -0.3 is 89.3 Å². The Kier molecular flexibility index (Phi) is 12.9. The van der Waals surface area contributed by atoms with Gasteiger partial charge in [0, 0.05) is 22.2 Å². The Morgan fingerprint density at radius 1 is 0.606 bits per heavy atom. The quantitative estimate of drug-likeness (QED) is 0.104. The van der Waals surface area contributed by atoms with E-state index in [1.807, 2.05) is 6.92 Å². The van der Waals surface area contributed by atoms with Gasteiger partial charge >= 0.3 is 0 Å². The molecule has 2 bridgehead atoms. The summed E-state index contributed by atoms with van der Waals surface area (Å²) >= 11 is 0. The predicted molar refractivity (Wildman–Crippen MR) is 229 cm³/mol. The van der Waals surface area contributed by atoms with Crippen LogP contribution >= 0.6 is 0 Å². The van der Waals surface area contributed by atoms with Gasteiger partial charge in [-0.3, -0.25) is 0 Å². The molecule has 4 saturated carbocycles. The van der Waals surface area contributed by atoms with E-state index in [0.717, 1.165) is 32.1 Å². The van der Waals surface area contributed by atoms with E-state index in [1.54, 1.807) is 6.92 Å². The highest BCUT2D eigenvalue weighted by Crippen LogP contribution is 2.79. The minimum atomic E-state index is -1.88. The molecule has 11 N–H and O–H groups in total. The summed E-state index contributed by atoms with van der Waals surface area (Å²) in [6.45, 7) is 14.1. The zero-order valence-corrected chi connectivity index (χ0v) is 39.5. The molecule has 5 aliphatic carbocycles. The van der Waals surface area contributed by atoms with Gasteiger partial charge in [0.25, 0.3) is 0 Å². The Morgan fingerprint density at radius 2 is 1.21 bits per heavy atom. The molecule has 66 heavy (non-hydrogen) atoms. The number of hydrogen-bond donors (Lipinski definition) is 11. The number of allylic oxidation sites excluding steroid dienone is 1. The highest BCUT2D eigenvalue weighted by molar-refractivity contribution is 5.36. The summed E-state index contributed by atoms with van der Waals surface area (Å²) in [7, 11) is 0. The molecule has 18 heteroatoms. The van der Waals surface area contributed by atoms with Gasteiger partial charge in [-0.15, -0.1) is 0 Å². The molecule has 18 nitrogen and oxygen atoms in total. The number of aliphatic hydroxyl groups excluding tert-OH is 11. The normalized spacial score (nSPS) is 58.8. The summed E-state index contributed by atoms with van der Waals surface area (Å²) < 4.78 is 44.4. The van der Waals surface area contributed by atoms with Crippen molar-refractivity contribution < 1.29 is 89.3 Å². The van der Waals surface area contributed by atoms with Crippen LogP contribution in [0.1, 0.15) is 99.8 Å². The van der Waals surface area contributed by atoms with E-state index in [0.29, 0.717) is 25.9 Å². The summed E-state index contributed by atoms with van der Waals surface area (Å²) in [4.78, 5) is 0. The van der Waals surface area contributed by atoms with E-state index >= 15 is 0 Å². The Bertz CT molecular complexity index is 1800. The van der Waals surface area contributed by atoms with E-state index in [1.165, 1.54) is 0 Å². The van der Waals surface area contributed by atoms with Crippen LogP contribution in [0.5, 0.6) is 0 Å². The zero-order valence-electron chi connectivity index (χ0n) is 39.5. The Hall–Kier alpha value is -0.980. The van der Waals surface area contributed by atoms with Gasteiger partial charge in [-0.2, -0.15) is 0 Å². The topological polar surface area (TPSA) is 287 Å². The molecule has 5 unspecified atom stereocenters. The predicted octanol–water partition coefficient (Wildman–Crippen LogP) is -0.399. The molecule has 9 rings (SSSR count). The third-order valence-corrected chi connectivity index (χ3v) is 20.0. The summed E-state index contributed by atoms with van der Waals surface area (Å²) in [5, 5.41) is 120. The fourth-order valence-electron chi connectivity index (χ4n) is 15.8. The van der Waals surface area contributed by atoms with Crippen LogP contribution in [-0.4, -0.2) is 193 Å². The van der Waals surface area contributed by atoms with E-state index in [-0.39, 0.29) is 51.4 Å². The van der Waals surface area contributed by atoms with Gasteiger partial charge in [-0.05, 0) is 86.4 Å². The Labute approximate surface area is 387 Å². The Balaban J connectivity index is 1.03. The van der Waals surface area contributed by atoms with Crippen LogP contribution in [0, 0.1) is 50.2 Å². The highest BCUT2D eigenvalue weighted by atomic mass is 16.8. The minimum Gasteiger partial charge on any atom is -0.396 e. The number of fused-ring (bicyclic) bond motifs is 4. The lowest BCUT2D eigenvalue weighted by Crippen LogP contribution is -2.72. The summed E-state index contributed by atoms with van der Waals surface area (Å²) in [5.41, 5.74) is -2.52. The SMILES string of the molecule is C[C@H]1O[C@@H](OC2CC[C@@]3(C)C(CC[C@]4(C)C3C=C[C@]35OC[C@@]6(CCC(C)(C)CC63)C(O)C[C@]54C)[C@]2(C)CO)[C@H](O[C@@H]2O[C@H](CO)[C@@H](O)[C@H](O)[C@H]2O)[C@@H](O[C@@H]2O[C@H](CO)[C@@H](O)[C@H](O)[C@H]2O)[C@H]1O. The Morgan fingerprint density at radius 3 is 1.80 bits per heavy atom. The van der Waals surface area contributed by atoms with Crippen molar-refractivity contribution in [2.45, 2.75) is 210 Å². The van der Waals surface area contributed by atoms with E-state index in [2.05, 4.69) is 46.8 Å². The molecule has 0 aromatic rings. The molecule has 26 atom stereocenters. The maximum absolute atomic E-state index is 12.3. The highest BCUT2D eigenvalue weighted by Gasteiger charge is 2.79. The lowest BCUT2D eigenvalue weighted by Gasteiger charge is -2.73. The van der Waals surface area contributed by atoms with Crippen molar-refractivity contribution in [2.24, 2.45) is 50.2 Å². The van der Waals surface area contributed by atoms with E-state index in [9.17, 15) is 56.2 Å². The van der Waals surface area contributed by atoms with Crippen LogP contribution < -0.4 is 0 Å². The second-order valence-electron chi connectivity index (χ2n) is 23.8. The molecule has 0 radical (unpaired) electrons. The van der Waals surface area contributed by atoms with Crippen molar-refractivity contribution >= 4 is 0 Å². The van der Waals surface area contributed by atoms with Gasteiger partial charge in [0.1, 0.15) is 67.1 Å². The number of ether oxygens (including phenoxy) is 7. The molecule has 0 aromatic carbocycles. The number of rotatable bonds is 9. The fraction of sp³-hybridized carbons (Fsp3) is 0.958. The molecule has 0 aromatic heterocycles. The van der Waals surface area contributed by atoms with Crippen molar-refractivity contribution in [1.29, 1.82) is 0 Å². The number of aliphatic hydroxyl groups is 11. The largest absolute Gasteiger partial charge is 0.396 e. The first-order valence-corrected chi connectivity index (χ1v) is 24.5. The van der Waals surface area contributed by atoms with Gasteiger partial charge in [0.15, 0.2) is 18.9 Å². The number of hydrogen-bond acceptors (Lipinski definition) is 18. The summed E-state index contributed by atoms with van der Waals surface area (Å²) in [6.07, 6.45) is -14.3. The molecule has 8 fully saturated rings. The molecular formula is C48H78O18. The van der Waals surface area contributed by atoms with Gasteiger partial charge in [0.05, 0.1) is 50.3 Å². The van der Waals surface area contributed by atoms with E-state index in [4.69, 9.17) is 33.2 Å². The molecule has 4 heterocycles. The van der Waals surface area contributed by atoms with Gasteiger partial charge in [-0.1, -0.05) is 53.7 Å². The first-order chi connectivity index (χ1) is 30.9. The van der Waals surface area contributed by atoms with Crippen molar-refractivity contribution in [1.82, 2.24) is 0 Å². The maximum Gasteiger partial charge on any atom is 0.187 e. The zero-order chi connectivity index (χ0) is 47.9. The van der Waals surface area contributed by atoms with Gasteiger partial charge in [0.2, 0.25) is 0 Å². The molecule has 4 aliphatic heterocycles. The average Bonchev–Trinajstić information content (AvgIpc) is 3.55. The first kappa shape index (κ1) is 50.0. The second kappa shape index (κ2) is 17.1. The lowest BCUT2D eigenvalue weighted by molar-refractivity contribution is -0.398. The van der Waals surface area contributed by atoms with Crippen LogP contribution in [0.15, 0.2) is 12.2 Å². The van der Waals surface area contributed by atoms with Crippen LogP contribution in [0.3, 0.4) is 0 Å². The molecule has 4 saturated heterocycles. The van der Waals surface area contributed by atoms with Crippen molar-refractivity contribution in [2.75, 3.05) is 26.4 Å². The van der Waals surface area contributed by atoms with Crippen molar-refractivity contribution in [3.63, 3.8) is 0 Å². The van der Waals surface area contributed by atoms with E-state index < -0.39 is 129 Å². The monoisotopic (exact) mass is 943 g/mol. The molecular weight excluding hydrogens is 865 g/mol. The van der Waals surface area contributed by atoms with Crippen LogP contribution in [0.2, 0.25) is 0 Å². The third kappa shape index (κ3) is 7.01. The minimum absolute atomic E-state index is 0.0615. The molecule has 378 valence electrons. The molecule has 9 aliphatic rings. The standard InChI is InChI=1S/C48H78O18/c1-22-30(53)37(65-39-35(58)33(56)31(54)23(18-49)62-39)38(66-40-36(59)34(57)32(55)24(19-50)63-40)41(61-22)64-29-10-11-43(4)25(44(29,5)20-51)8-12-45(6)26(43)9-13-48-27-16-42(2,3)14-15-47(27,21-60-48)28(52)17-46(45,48)7/h9,13,22-41,49-59H,8,10-12,14-21H2,1-7H3/t22-,23-,24-,25?,26?,27?,28?,29?,30+,31-,32-,33+,34+,35-,36-,37+,38-,39+,40+,41+,43+,44+,45-,46+,47-,48+/m1/s1. The second-order valence-corrected chi connectivity index (χ2v) is 23.8. The van der Waals surface area contributed by atoms with Crippen molar-refractivity contribution in [3.05, 3.63) is 12.2 Å². The van der Waals surface area contributed by atoms with Crippen molar-refractivity contribution in [3.8, 4) is 0 Å². The maximum atomic E-state index is 12.3. The summed E-state index contributed by atoms with van der Waals surface area (Å²) in [5.74, 6) is 0.167.